The molecule has 2 heterocycles. The Morgan fingerprint density at radius 1 is 1.19 bits per heavy atom. The Hall–Kier alpha value is -1.75. The zero-order valence-corrected chi connectivity index (χ0v) is 13.2. The Balaban J connectivity index is 1.66. The van der Waals surface area contributed by atoms with Crippen molar-refractivity contribution in [3.05, 3.63) is 58.6 Å². The van der Waals surface area contributed by atoms with Crippen molar-refractivity contribution < 1.29 is 4.79 Å². The van der Waals surface area contributed by atoms with E-state index in [1.54, 1.807) is 12.4 Å². The highest BCUT2D eigenvalue weighted by Gasteiger charge is 2.26. The SMILES string of the molecule is O=C(c1cnccn1)N1CCC(c2ccccc2Br)CC1. The van der Waals surface area contributed by atoms with Gasteiger partial charge in [-0.1, -0.05) is 34.1 Å². The number of amides is 1. The number of benzene rings is 1. The number of rotatable bonds is 2. The lowest BCUT2D eigenvalue weighted by molar-refractivity contribution is 0.0706. The monoisotopic (exact) mass is 345 g/mol. The third-order valence-corrected chi connectivity index (χ3v) is 4.63. The van der Waals surface area contributed by atoms with Crippen LogP contribution >= 0.6 is 15.9 Å². The van der Waals surface area contributed by atoms with Gasteiger partial charge in [0.25, 0.3) is 5.91 Å². The summed E-state index contributed by atoms with van der Waals surface area (Å²) >= 11 is 3.61. The minimum Gasteiger partial charge on any atom is -0.337 e. The molecule has 0 bridgehead atoms. The van der Waals surface area contributed by atoms with Crippen LogP contribution in [-0.4, -0.2) is 33.9 Å². The first-order valence-corrected chi connectivity index (χ1v) is 7.84. The fraction of sp³-hybridized carbons (Fsp3) is 0.312. The lowest BCUT2D eigenvalue weighted by atomic mass is 9.89. The first-order chi connectivity index (χ1) is 10.3. The Labute approximate surface area is 132 Å². The van der Waals surface area contributed by atoms with Crippen LogP contribution in [0.3, 0.4) is 0 Å². The lowest BCUT2D eigenvalue weighted by Gasteiger charge is -2.32. The molecule has 5 heteroatoms. The van der Waals surface area contributed by atoms with Gasteiger partial charge < -0.3 is 4.90 Å². The Kier molecular flexibility index (Phi) is 4.29. The van der Waals surface area contributed by atoms with Crippen LogP contribution in [-0.2, 0) is 0 Å². The zero-order chi connectivity index (χ0) is 14.7. The maximum Gasteiger partial charge on any atom is 0.274 e. The molecule has 0 spiro atoms. The molecular formula is C16H16BrN3O. The number of hydrogen-bond donors (Lipinski definition) is 0. The van der Waals surface area contributed by atoms with Crippen molar-refractivity contribution in [2.45, 2.75) is 18.8 Å². The summed E-state index contributed by atoms with van der Waals surface area (Å²) in [6, 6.07) is 8.33. The van der Waals surface area contributed by atoms with Crippen LogP contribution in [0.2, 0.25) is 0 Å². The predicted octanol–water partition coefficient (Wildman–Crippen LogP) is 3.26. The minimum absolute atomic E-state index is 0.0197. The van der Waals surface area contributed by atoms with E-state index in [0.717, 1.165) is 30.4 Å². The second-order valence-corrected chi connectivity index (χ2v) is 6.03. The van der Waals surface area contributed by atoms with Gasteiger partial charge in [0.2, 0.25) is 0 Å². The molecule has 1 aromatic heterocycles. The summed E-state index contributed by atoms with van der Waals surface area (Å²) in [5, 5.41) is 0. The highest BCUT2D eigenvalue weighted by atomic mass is 79.9. The normalized spacial score (nSPS) is 16.0. The van der Waals surface area contributed by atoms with E-state index in [1.807, 2.05) is 11.0 Å². The van der Waals surface area contributed by atoms with Crippen molar-refractivity contribution in [1.82, 2.24) is 14.9 Å². The maximum atomic E-state index is 12.3. The third-order valence-electron chi connectivity index (χ3n) is 3.91. The molecule has 0 radical (unpaired) electrons. The van der Waals surface area contributed by atoms with Gasteiger partial charge >= 0.3 is 0 Å². The first-order valence-electron chi connectivity index (χ1n) is 7.05. The van der Waals surface area contributed by atoms with Gasteiger partial charge in [-0.2, -0.15) is 0 Å². The second kappa shape index (κ2) is 6.35. The summed E-state index contributed by atoms with van der Waals surface area (Å²) in [6.45, 7) is 1.53. The molecule has 1 amide bonds. The second-order valence-electron chi connectivity index (χ2n) is 5.18. The molecule has 4 nitrogen and oxygen atoms in total. The van der Waals surface area contributed by atoms with Crippen LogP contribution in [0.1, 0.15) is 34.8 Å². The molecule has 1 fully saturated rings. The van der Waals surface area contributed by atoms with E-state index in [1.165, 1.54) is 11.8 Å². The smallest absolute Gasteiger partial charge is 0.274 e. The van der Waals surface area contributed by atoms with Crippen molar-refractivity contribution in [2.24, 2.45) is 0 Å². The van der Waals surface area contributed by atoms with E-state index in [2.05, 4.69) is 44.1 Å². The van der Waals surface area contributed by atoms with E-state index in [4.69, 9.17) is 0 Å². The lowest BCUT2D eigenvalue weighted by Crippen LogP contribution is -2.38. The number of hydrogen-bond acceptors (Lipinski definition) is 3. The summed E-state index contributed by atoms with van der Waals surface area (Å²) in [7, 11) is 0. The van der Waals surface area contributed by atoms with Gasteiger partial charge in [0.1, 0.15) is 5.69 Å². The van der Waals surface area contributed by atoms with Crippen molar-refractivity contribution in [3.63, 3.8) is 0 Å². The molecule has 1 aromatic carbocycles. The topological polar surface area (TPSA) is 46.1 Å². The van der Waals surface area contributed by atoms with Crippen LogP contribution in [0.15, 0.2) is 47.3 Å². The number of likely N-dealkylation sites (tertiary alicyclic amines) is 1. The molecule has 1 aliphatic rings. The molecule has 0 unspecified atom stereocenters. The molecule has 0 N–H and O–H groups in total. The van der Waals surface area contributed by atoms with Gasteiger partial charge in [-0.05, 0) is 30.4 Å². The molecule has 2 aromatic rings. The van der Waals surface area contributed by atoms with Crippen molar-refractivity contribution >= 4 is 21.8 Å². The molecule has 0 atom stereocenters. The van der Waals surface area contributed by atoms with Crippen LogP contribution in [0.25, 0.3) is 0 Å². The van der Waals surface area contributed by atoms with Gasteiger partial charge in [-0.15, -0.1) is 0 Å². The van der Waals surface area contributed by atoms with E-state index < -0.39 is 0 Å². The van der Waals surface area contributed by atoms with Crippen LogP contribution in [0.5, 0.6) is 0 Å². The zero-order valence-electron chi connectivity index (χ0n) is 11.6. The van der Waals surface area contributed by atoms with E-state index >= 15 is 0 Å². The largest absolute Gasteiger partial charge is 0.337 e. The molecule has 1 saturated heterocycles. The Morgan fingerprint density at radius 2 is 1.95 bits per heavy atom. The Bertz CT molecular complexity index is 624. The highest BCUT2D eigenvalue weighted by molar-refractivity contribution is 9.10. The molecular weight excluding hydrogens is 330 g/mol. The fourth-order valence-electron chi connectivity index (χ4n) is 2.77. The number of nitrogens with zero attached hydrogens (tertiary/aromatic N) is 3. The standard InChI is InChI=1S/C16H16BrN3O/c17-14-4-2-1-3-13(14)12-5-9-20(10-6-12)16(21)15-11-18-7-8-19-15/h1-4,7-8,11-12H,5-6,9-10H2. The first kappa shape index (κ1) is 14.2. The van der Waals surface area contributed by atoms with Crippen LogP contribution < -0.4 is 0 Å². The molecule has 1 aliphatic heterocycles. The highest BCUT2D eigenvalue weighted by Crippen LogP contribution is 2.32. The van der Waals surface area contributed by atoms with Gasteiger partial charge in [-0.25, -0.2) is 4.98 Å². The van der Waals surface area contributed by atoms with Gasteiger partial charge in [0.05, 0.1) is 6.20 Å². The van der Waals surface area contributed by atoms with Crippen LogP contribution in [0, 0.1) is 0 Å². The number of carbonyl (C=O) groups is 1. The molecule has 108 valence electrons. The maximum absolute atomic E-state index is 12.3. The van der Waals surface area contributed by atoms with Crippen LogP contribution in [0.4, 0.5) is 0 Å². The summed E-state index contributed by atoms with van der Waals surface area (Å²) < 4.78 is 1.16. The summed E-state index contributed by atoms with van der Waals surface area (Å²) in [5.41, 5.74) is 1.76. The molecule has 0 saturated carbocycles. The van der Waals surface area contributed by atoms with E-state index in [9.17, 15) is 4.79 Å². The molecule has 21 heavy (non-hydrogen) atoms. The Morgan fingerprint density at radius 3 is 2.62 bits per heavy atom. The predicted molar refractivity (Wildman–Crippen MR) is 84.1 cm³/mol. The van der Waals surface area contributed by atoms with Crippen molar-refractivity contribution in [3.8, 4) is 0 Å². The molecule has 0 aliphatic carbocycles. The quantitative estimate of drug-likeness (QED) is 0.839. The number of piperidine rings is 1. The minimum atomic E-state index is -0.0197. The average Bonchev–Trinajstić information content (AvgIpc) is 2.56. The summed E-state index contributed by atoms with van der Waals surface area (Å²) in [6.07, 6.45) is 6.63. The number of halogens is 1. The van der Waals surface area contributed by atoms with Gasteiger partial charge in [0.15, 0.2) is 0 Å². The average molecular weight is 346 g/mol. The molecule has 3 rings (SSSR count). The number of aromatic nitrogens is 2. The summed E-state index contributed by atoms with van der Waals surface area (Å²) in [4.78, 5) is 22.2. The van der Waals surface area contributed by atoms with Gasteiger partial charge in [-0.3, -0.25) is 9.78 Å². The fourth-order valence-corrected chi connectivity index (χ4v) is 3.38. The summed E-state index contributed by atoms with van der Waals surface area (Å²) in [5.74, 6) is 0.486. The van der Waals surface area contributed by atoms with Crippen molar-refractivity contribution in [1.29, 1.82) is 0 Å². The van der Waals surface area contributed by atoms with E-state index in [-0.39, 0.29) is 5.91 Å². The van der Waals surface area contributed by atoms with E-state index in [0.29, 0.717) is 11.6 Å². The van der Waals surface area contributed by atoms with Gasteiger partial charge in [0, 0.05) is 30.0 Å². The van der Waals surface area contributed by atoms with Crippen molar-refractivity contribution in [2.75, 3.05) is 13.1 Å². The third kappa shape index (κ3) is 3.13. The number of carbonyl (C=O) groups excluding carboxylic acids is 1.